The van der Waals surface area contributed by atoms with Gasteiger partial charge in [-0.3, -0.25) is 4.79 Å². The molecule has 1 N–H and O–H groups in total. The van der Waals surface area contributed by atoms with Crippen LogP contribution in [0.3, 0.4) is 0 Å². The summed E-state index contributed by atoms with van der Waals surface area (Å²) in [6.07, 6.45) is 0.347. The van der Waals surface area contributed by atoms with Gasteiger partial charge in [0.05, 0.1) is 11.7 Å². The molecule has 1 heterocycles. The molecule has 1 aliphatic heterocycles. The van der Waals surface area contributed by atoms with Crippen LogP contribution in [0.2, 0.25) is 0 Å². The number of amides is 1. The molecule has 1 amide bonds. The second kappa shape index (κ2) is 5.63. The van der Waals surface area contributed by atoms with E-state index < -0.39 is 0 Å². The Morgan fingerprint density at radius 1 is 1.56 bits per heavy atom. The average Bonchev–Trinajstić information content (AvgIpc) is 2.32. The molecule has 1 aromatic carbocycles. The number of piperidine rings is 1. The molecule has 98 valence electrons. The van der Waals surface area contributed by atoms with Gasteiger partial charge in [0.15, 0.2) is 0 Å². The number of thiol groups is 1. The van der Waals surface area contributed by atoms with Crippen molar-refractivity contribution in [2.45, 2.75) is 24.3 Å². The summed E-state index contributed by atoms with van der Waals surface area (Å²) in [6.45, 7) is 3.17. The van der Waals surface area contributed by atoms with Gasteiger partial charge in [-0.2, -0.15) is 0 Å². The number of aliphatic hydroxyl groups is 1. The topological polar surface area (TPSA) is 40.5 Å². The lowest BCUT2D eigenvalue weighted by Gasteiger charge is -2.34. The van der Waals surface area contributed by atoms with Crippen molar-refractivity contribution in [1.82, 2.24) is 4.90 Å². The van der Waals surface area contributed by atoms with Crippen molar-refractivity contribution in [3.8, 4) is 0 Å². The minimum absolute atomic E-state index is 0.00810. The van der Waals surface area contributed by atoms with E-state index in [0.717, 1.165) is 4.47 Å². The number of benzene rings is 1. The number of hydrogen-bond donors (Lipinski definition) is 2. The number of hydrogen-bond acceptors (Lipinski definition) is 3. The molecule has 2 atom stereocenters. The number of rotatable bonds is 1. The van der Waals surface area contributed by atoms with Crippen LogP contribution in [-0.2, 0) is 0 Å². The summed E-state index contributed by atoms with van der Waals surface area (Å²) >= 11 is 7.69. The van der Waals surface area contributed by atoms with E-state index in [4.69, 9.17) is 0 Å². The Balaban J connectivity index is 2.16. The van der Waals surface area contributed by atoms with E-state index in [-0.39, 0.29) is 17.9 Å². The van der Waals surface area contributed by atoms with Crippen LogP contribution in [0.15, 0.2) is 27.6 Å². The Morgan fingerprint density at radius 3 is 2.89 bits per heavy atom. The van der Waals surface area contributed by atoms with Crippen molar-refractivity contribution in [2.75, 3.05) is 13.1 Å². The van der Waals surface area contributed by atoms with Gasteiger partial charge in [0.25, 0.3) is 5.91 Å². The van der Waals surface area contributed by atoms with Crippen molar-refractivity contribution in [3.63, 3.8) is 0 Å². The van der Waals surface area contributed by atoms with E-state index in [2.05, 4.69) is 28.6 Å². The second-order valence-corrected chi connectivity index (χ2v) is 6.14. The standard InChI is InChI=1S/C13H16BrNO2S/c1-8-7-15(5-4-11(8)16)13(17)10-3-2-9(14)6-12(10)18/h2-3,6,8,11,16,18H,4-5,7H2,1H3. The molecule has 3 nitrogen and oxygen atoms in total. The molecule has 0 spiro atoms. The van der Waals surface area contributed by atoms with Gasteiger partial charge < -0.3 is 10.0 Å². The maximum Gasteiger partial charge on any atom is 0.254 e. The second-order valence-electron chi connectivity index (χ2n) is 4.75. The largest absolute Gasteiger partial charge is 0.393 e. The third kappa shape index (κ3) is 2.90. The summed E-state index contributed by atoms with van der Waals surface area (Å²) in [4.78, 5) is 14.8. The molecular weight excluding hydrogens is 314 g/mol. The summed E-state index contributed by atoms with van der Waals surface area (Å²) in [6, 6.07) is 5.44. The molecule has 0 aliphatic carbocycles. The summed E-state index contributed by atoms with van der Waals surface area (Å²) in [5.74, 6) is 0.118. The number of carbonyl (C=O) groups is 1. The number of aliphatic hydroxyl groups excluding tert-OH is 1. The van der Waals surface area contributed by atoms with Gasteiger partial charge in [0.1, 0.15) is 0 Å². The van der Waals surface area contributed by atoms with Crippen LogP contribution in [0.5, 0.6) is 0 Å². The molecule has 2 rings (SSSR count). The zero-order valence-electron chi connectivity index (χ0n) is 10.1. The van der Waals surface area contributed by atoms with E-state index in [1.54, 1.807) is 11.0 Å². The Hall–Kier alpha value is -0.520. The molecule has 18 heavy (non-hydrogen) atoms. The third-order valence-electron chi connectivity index (χ3n) is 3.34. The summed E-state index contributed by atoms with van der Waals surface area (Å²) in [5.41, 5.74) is 0.616. The van der Waals surface area contributed by atoms with Crippen LogP contribution in [0.1, 0.15) is 23.7 Å². The van der Waals surface area contributed by atoms with Crippen molar-refractivity contribution in [2.24, 2.45) is 5.92 Å². The SMILES string of the molecule is CC1CN(C(=O)c2ccc(Br)cc2S)CCC1O. The predicted octanol–water partition coefficient (Wildman–Crippen LogP) is 2.58. The molecule has 1 aliphatic rings. The maximum atomic E-state index is 12.4. The summed E-state index contributed by atoms with van der Waals surface area (Å²) < 4.78 is 0.909. The molecule has 5 heteroatoms. The fourth-order valence-electron chi connectivity index (χ4n) is 2.17. The van der Waals surface area contributed by atoms with Crippen molar-refractivity contribution in [1.29, 1.82) is 0 Å². The van der Waals surface area contributed by atoms with Gasteiger partial charge in [-0.05, 0) is 30.5 Å². The molecule has 0 bridgehead atoms. The van der Waals surface area contributed by atoms with E-state index in [1.165, 1.54) is 0 Å². The van der Waals surface area contributed by atoms with Crippen LogP contribution in [-0.4, -0.2) is 35.1 Å². The Kier molecular flexibility index (Phi) is 4.35. The van der Waals surface area contributed by atoms with Gasteiger partial charge in [0.2, 0.25) is 0 Å². The van der Waals surface area contributed by atoms with Gasteiger partial charge in [-0.25, -0.2) is 0 Å². The molecule has 1 fully saturated rings. The van der Waals surface area contributed by atoms with Gasteiger partial charge in [-0.15, -0.1) is 12.6 Å². The lowest BCUT2D eigenvalue weighted by Crippen LogP contribution is -2.45. The van der Waals surface area contributed by atoms with Gasteiger partial charge >= 0.3 is 0 Å². The van der Waals surface area contributed by atoms with E-state index >= 15 is 0 Å². The normalized spacial score (nSPS) is 24.1. The number of nitrogens with zero attached hydrogens (tertiary/aromatic N) is 1. The summed E-state index contributed by atoms with van der Waals surface area (Å²) in [5, 5.41) is 9.68. The zero-order chi connectivity index (χ0) is 13.3. The lowest BCUT2D eigenvalue weighted by atomic mass is 9.96. The molecule has 0 aromatic heterocycles. The molecule has 1 aromatic rings. The first kappa shape index (κ1) is 13.9. The Labute approximate surface area is 121 Å². The average molecular weight is 330 g/mol. The summed E-state index contributed by atoms with van der Waals surface area (Å²) in [7, 11) is 0. The fraction of sp³-hybridized carbons (Fsp3) is 0.462. The van der Waals surface area contributed by atoms with Crippen LogP contribution >= 0.6 is 28.6 Å². The monoisotopic (exact) mass is 329 g/mol. The maximum absolute atomic E-state index is 12.4. The van der Waals surface area contributed by atoms with E-state index in [9.17, 15) is 9.90 Å². The quantitative estimate of drug-likeness (QED) is 0.777. The first-order valence-corrected chi connectivity index (χ1v) is 7.19. The van der Waals surface area contributed by atoms with Crippen LogP contribution < -0.4 is 0 Å². The molecule has 2 unspecified atom stereocenters. The van der Waals surface area contributed by atoms with E-state index in [1.807, 2.05) is 19.1 Å². The number of halogens is 1. The minimum Gasteiger partial charge on any atom is -0.393 e. The van der Waals surface area contributed by atoms with Gasteiger partial charge in [-0.1, -0.05) is 22.9 Å². The number of carbonyl (C=O) groups excluding carboxylic acids is 1. The highest BCUT2D eigenvalue weighted by Gasteiger charge is 2.28. The van der Waals surface area contributed by atoms with Crippen molar-refractivity contribution in [3.05, 3.63) is 28.2 Å². The van der Waals surface area contributed by atoms with E-state index in [0.29, 0.717) is 30.0 Å². The highest BCUT2D eigenvalue weighted by atomic mass is 79.9. The molecular formula is C13H16BrNO2S. The first-order chi connectivity index (χ1) is 8.49. The minimum atomic E-state index is -0.297. The molecule has 1 saturated heterocycles. The molecule has 0 radical (unpaired) electrons. The highest BCUT2D eigenvalue weighted by Crippen LogP contribution is 2.24. The van der Waals surface area contributed by atoms with Gasteiger partial charge in [0, 0.05) is 22.5 Å². The zero-order valence-corrected chi connectivity index (χ0v) is 12.6. The predicted molar refractivity (Wildman–Crippen MR) is 77.1 cm³/mol. The van der Waals surface area contributed by atoms with Crippen molar-refractivity contribution >= 4 is 34.5 Å². The van der Waals surface area contributed by atoms with Crippen molar-refractivity contribution < 1.29 is 9.90 Å². The molecule has 0 saturated carbocycles. The highest BCUT2D eigenvalue weighted by molar-refractivity contribution is 9.10. The fourth-order valence-corrected chi connectivity index (χ4v) is 3.02. The van der Waals surface area contributed by atoms with Crippen LogP contribution in [0.25, 0.3) is 0 Å². The first-order valence-electron chi connectivity index (χ1n) is 5.95. The van der Waals surface area contributed by atoms with Crippen LogP contribution in [0.4, 0.5) is 0 Å². The number of likely N-dealkylation sites (tertiary alicyclic amines) is 1. The smallest absolute Gasteiger partial charge is 0.254 e. The lowest BCUT2D eigenvalue weighted by molar-refractivity contribution is 0.0295. The Bertz CT molecular complexity index is 466. The van der Waals surface area contributed by atoms with Crippen LogP contribution in [0, 0.1) is 5.92 Å². The third-order valence-corrected chi connectivity index (χ3v) is 4.20. The Morgan fingerprint density at radius 2 is 2.28 bits per heavy atom.